The minimum absolute atomic E-state index is 0.267. The molecule has 1 atom stereocenters. The van der Waals surface area contributed by atoms with Crippen LogP contribution in [0.5, 0.6) is 0 Å². The minimum Gasteiger partial charge on any atom is -0.423 e. The van der Waals surface area contributed by atoms with Crippen molar-refractivity contribution in [3.63, 3.8) is 0 Å². The summed E-state index contributed by atoms with van der Waals surface area (Å²) in [5.74, 6) is 0.120. The highest BCUT2D eigenvalue weighted by molar-refractivity contribution is 6.06. The summed E-state index contributed by atoms with van der Waals surface area (Å²) < 4.78 is 7.06. The van der Waals surface area contributed by atoms with Gasteiger partial charge in [-0.3, -0.25) is 9.48 Å². The van der Waals surface area contributed by atoms with Gasteiger partial charge in [-0.05, 0) is 32.0 Å². The molecule has 0 bridgehead atoms. The van der Waals surface area contributed by atoms with Crippen molar-refractivity contribution in [2.75, 3.05) is 5.32 Å². The number of carbonyl (C=O) groups excluding carboxylic acids is 1. The Kier molecular flexibility index (Phi) is 4.41. The van der Waals surface area contributed by atoms with Crippen LogP contribution in [0.15, 0.2) is 46.4 Å². The molecule has 0 radical (unpaired) electrons. The molecule has 1 amide bonds. The first-order valence-corrected chi connectivity index (χ1v) is 8.58. The van der Waals surface area contributed by atoms with Gasteiger partial charge in [-0.15, -0.1) is 10.2 Å². The maximum atomic E-state index is 12.6. The first-order valence-electron chi connectivity index (χ1n) is 8.58. The molecular weight excluding hydrogens is 348 g/mol. The Balaban J connectivity index is 1.43. The molecule has 1 aliphatic rings. The lowest BCUT2D eigenvalue weighted by molar-refractivity contribution is -0.125. The molecule has 4 rings (SSSR count). The second-order valence-corrected chi connectivity index (χ2v) is 6.11. The van der Waals surface area contributed by atoms with Gasteiger partial charge < -0.3 is 14.6 Å². The van der Waals surface area contributed by atoms with Crippen LogP contribution in [0.3, 0.4) is 0 Å². The number of amides is 1. The van der Waals surface area contributed by atoms with Gasteiger partial charge in [-0.1, -0.05) is 11.2 Å². The average Bonchev–Trinajstić information content (AvgIpc) is 3.42. The largest absolute Gasteiger partial charge is 0.423 e. The molecule has 1 N–H and O–H groups in total. The van der Waals surface area contributed by atoms with Crippen molar-refractivity contribution in [3.05, 3.63) is 48.1 Å². The molecule has 0 saturated heterocycles. The fourth-order valence-corrected chi connectivity index (χ4v) is 2.98. The van der Waals surface area contributed by atoms with Crippen LogP contribution in [-0.2, 0) is 16.2 Å². The van der Waals surface area contributed by atoms with E-state index in [0.717, 1.165) is 29.1 Å². The predicted octanol–water partition coefficient (Wildman–Crippen LogP) is 2.39. The van der Waals surface area contributed by atoms with Gasteiger partial charge in [0, 0.05) is 35.5 Å². The maximum Gasteiger partial charge on any atom is 0.268 e. The number of aryl methyl sites for hydroxylation is 1. The van der Waals surface area contributed by atoms with Gasteiger partial charge in [0.2, 0.25) is 18.4 Å². The molecule has 138 valence electrons. The second kappa shape index (κ2) is 7.02. The van der Waals surface area contributed by atoms with Gasteiger partial charge in [0.1, 0.15) is 0 Å². The molecule has 0 aliphatic carbocycles. The van der Waals surface area contributed by atoms with E-state index in [1.54, 1.807) is 24.4 Å². The van der Waals surface area contributed by atoms with Crippen LogP contribution in [0, 0.1) is 6.92 Å². The number of nitrogens with zero attached hydrogens (tertiary/aromatic N) is 5. The van der Waals surface area contributed by atoms with Crippen molar-refractivity contribution >= 4 is 17.3 Å². The highest BCUT2D eigenvalue weighted by Crippen LogP contribution is 2.23. The predicted molar refractivity (Wildman–Crippen MR) is 97.0 cm³/mol. The third-order valence-electron chi connectivity index (χ3n) is 4.41. The SMILES string of the molecule is CCn1ncc(C2=NO[C@@H](C(=O)Nc3cccc(-c4nnco4)c3)C2)c1C. The smallest absolute Gasteiger partial charge is 0.268 e. The number of rotatable bonds is 5. The molecule has 3 aromatic rings. The van der Waals surface area contributed by atoms with Gasteiger partial charge in [0.25, 0.3) is 5.91 Å². The van der Waals surface area contributed by atoms with Crippen LogP contribution < -0.4 is 5.32 Å². The van der Waals surface area contributed by atoms with E-state index >= 15 is 0 Å². The molecule has 9 heteroatoms. The van der Waals surface area contributed by atoms with Crippen LogP contribution in [-0.4, -0.2) is 37.7 Å². The van der Waals surface area contributed by atoms with Crippen LogP contribution in [0.25, 0.3) is 11.5 Å². The molecule has 0 unspecified atom stereocenters. The van der Waals surface area contributed by atoms with Crippen molar-refractivity contribution < 1.29 is 14.0 Å². The normalized spacial score (nSPS) is 16.1. The zero-order valence-electron chi connectivity index (χ0n) is 14.9. The number of aromatic nitrogens is 4. The summed E-state index contributed by atoms with van der Waals surface area (Å²) in [5, 5.41) is 18.8. The number of benzene rings is 1. The Morgan fingerprint density at radius 3 is 3.04 bits per heavy atom. The fourth-order valence-electron chi connectivity index (χ4n) is 2.98. The van der Waals surface area contributed by atoms with E-state index < -0.39 is 6.10 Å². The van der Waals surface area contributed by atoms with Gasteiger partial charge in [0.05, 0.1) is 11.9 Å². The zero-order chi connectivity index (χ0) is 18.8. The standard InChI is InChI=1S/C18H18N6O3/c1-3-24-11(2)14(9-20-24)15-8-16(27-23-15)17(25)21-13-6-4-5-12(7-13)18-22-19-10-26-18/h4-7,9-10,16H,3,8H2,1-2H3,(H,21,25)/t16-/m1/s1. The number of hydrogen-bond donors (Lipinski definition) is 1. The Morgan fingerprint density at radius 2 is 2.30 bits per heavy atom. The molecule has 1 aromatic carbocycles. The minimum atomic E-state index is -0.684. The summed E-state index contributed by atoms with van der Waals surface area (Å²) in [7, 11) is 0. The third kappa shape index (κ3) is 3.31. The molecule has 2 aromatic heterocycles. The Morgan fingerprint density at radius 1 is 1.41 bits per heavy atom. The fraction of sp³-hybridized carbons (Fsp3) is 0.278. The molecule has 3 heterocycles. The van der Waals surface area contributed by atoms with E-state index in [-0.39, 0.29) is 5.91 Å². The Labute approximate surface area is 155 Å². The number of hydrogen-bond acceptors (Lipinski definition) is 7. The lowest BCUT2D eigenvalue weighted by Gasteiger charge is -2.10. The molecule has 0 fully saturated rings. The molecule has 9 nitrogen and oxygen atoms in total. The molecule has 27 heavy (non-hydrogen) atoms. The molecule has 0 spiro atoms. The first-order chi connectivity index (χ1) is 13.2. The Hall–Kier alpha value is -3.49. The summed E-state index contributed by atoms with van der Waals surface area (Å²) in [6.07, 6.45) is 2.73. The zero-order valence-corrected chi connectivity index (χ0v) is 14.9. The Bertz CT molecular complexity index is 992. The van der Waals surface area contributed by atoms with Crippen molar-refractivity contribution in [2.45, 2.75) is 32.9 Å². The quantitative estimate of drug-likeness (QED) is 0.743. The van der Waals surface area contributed by atoms with Gasteiger partial charge in [-0.2, -0.15) is 5.10 Å². The second-order valence-electron chi connectivity index (χ2n) is 6.11. The lowest BCUT2D eigenvalue weighted by atomic mass is 10.1. The summed E-state index contributed by atoms with van der Waals surface area (Å²) >= 11 is 0. The lowest BCUT2D eigenvalue weighted by Crippen LogP contribution is -2.28. The summed E-state index contributed by atoms with van der Waals surface area (Å²) in [6.45, 7) is 4.78. The van der Waals surface area contributed by atoms with E-state index in [4.69, 9.17) is 9.25 Å². The summed E-state index contributed by atoms with van der Waals surface area (Å²) in [4.78, 5) is 17.9. The third-order valence-corrected chi connectivity index (χ3v) is 4.41. The highest BCUT2D eigenvalue weighted by atomic mass is 16.6. The average molecular weight is 366 g/mol. The van der Waals surface area contributed by atoms with E-state index in [9.17, 15) is 4.79 Å². The monoisotopic (exact) mass is 366 g/mol. The topological polar surface area (TPSA) is 107 Å². The summed E-state index contributed by atoms with van der Waals surface area (Å²) in [5.41, 5.74) is 3.98. The van der Waals surface area contributed by atoms with Crippen LogP contribution in [0.4, 0.5) is 5.69 Å². The van der Waals surface area contributed by atoms with Crippen LogP contribution in [0.1, 0.15) is 24.6 Å². The van der Waals surface area contributed by atoms with Gasteiger partial charge in [-0.25, -0.2) is 0 Å². The van der Waals surface area contributed by atoms with E-state index in [1.807, 2.05) is 24.6 Å². The van der Waals surface area contributed by atoms with Crippen molar-refractivity contribution in [1.29, 1.82) is 0 Å². The van der Waals surface area contributed by atoms with E-state index in [0.29, 0.717) is 18.0 Å². The number of oxime groups is 1. The highest BCUT2D eigenvalue weighted by Gasteiger charge is 2.30. The molecule has 1 aliphatic heterocycles. The first kappa shape index (κ1) is 17.0. The maximum absolute atomic E-state index is 12.6. The summed E-state index contributed by atoms with van der Waals surface area (Å²) in [6, 6.07) is 7.17. The van der Waals surface area contributed by atoms with Gasteiger partial charge >= 0.3 is 0 Å². The van der Waals surface area contributed by atoms with Crippen molar-refractivity contribution in [3.8, 4) is 11.5 Å². The van der Waals surface area contributed by atoms with Gasteiger partial charge in [0.15, 0.2) is 0 Å². The number of carbonyl (C=O) groups is 1. The number of nitrogens with one attached hydrogen (secondary N) is 1. The van der Waals surface area contributed by atoms with E-state index in [1.165, 1.54) is 6.39 Å². The number of anilines is 1. The molecule has 0 saturated carbocycles. The van der Waals surface area contributed by atoms with E-state index in [2.05, 4.69) is 25.8 Å². The van der Waals surface area contributed by atoms with Crippen molar-refractivity contribution in [1.82, 2.24) is 20.0 Å². The molecular formula is C18H18N6O3. The van der Waals surface area contributed by atoms with Crippen LogP contribution >= 0.6 is 0 Å². The van der Waals surface area contributed by atoms with Crippen LogP contribution in [0.2, 0.25) is 0 Å². The van der Waals surface area contributed by atoms with Crippen molar-refractivity contribution in [2.24, 2.45) is 5.16 Å².